The lowest BCUT2D eigenvalue weighted by molar-refractivity contribution is 0.627. The van der Waals surface area contributed by atoms with Crippen LogP contribution in [0, 0.1) is 17.5 Å². The van der Waals surface area contributed by atoms with E-state index in [9.17, 15) is 4.39 Å². The van der Waals surface area contributed by atoms with E-state index in [2.05, 4.69) is 41.4 Å². The molecule has 0 unspecified atom stereocenters. The van der Waals surface area contributed by atoms with Gasteiger partial charge in [0.15, 0.2) is 4.77 Å². The van der Waals surface area contributed by atoms with Gasteiger partial charge >= 0.3 is 0 Å². The molecule has 23 heavy (non-hydrogen) atoms. The number of rotatable bonds is 3. The summed E-state index contributed by atoms with van der Waals surface area (Å²) in [6.07, 6.45) is 1.06. The summed E-state index contributed by atoms with van der Waals surface area (Å²) >= 11 is 5.36. The number of H-pyrrole nitrogens is 1. The Morgan fingerprint density at radius 2 is 1.78 bits per heavy atom. The summed E-state index contributed by atoms with van der Waals surface area (Å²) in [5.74, 6) is 1.48. The van der Waals surface area contributed by atoms with E-state index in [4.69, 9.17) is 12.2 Å². The van der Waals surface area contributed by atoms with Crippen molar-refractivity contribution in [2.45, 2.75) is 25.2 Å². The van der Waals surface area contributed by atoms with Crippen LogP contribution in [-0.2, 0) is 0 Å². The van der Waals surface area contributed by atoms with E-state index in [-0.39, 0.29) is 5.82 Å². The van der Waals surface area contributed by atoms with Crippen molar-refractivity contribution in [1.29, 1.82) is 0 Å². The van der Waals surface area contributed by atoms with Crippen LogP contribution in [0.15, 0.2) is 48.5 Å². The second-order valence-corrected chi connectivity index (χ2v) is 6.44. The lowest BCUT2D eigenvalue weighted by Crippen LogP contribution is -2.01. The molecule has 1 N–H and O–H groups in total. The molecule has 5 heteroatoms. The largest absolute Gasteiger partial charge is 0.272 e. The van der Waals surface area contributed by atoms with E-state index in [0.717, 1.165) is 17.9 Å². The number of halogens is 1. The highest BCUT2D eigenvalue weighted by Crippen LogP contribution is 2.54. The highest BCUT2D eigenvalue weighted by atomic mass is 32.1. The maximum Gasteiger partial charge on any atom is 0.199 e. The Labute approximate surface area is 138 Å². The van der Waals surface area contributed by atoms with Crippen molar-refractivity contribution in [2.75, 3.05) is 0 Å². The number of benzene rings is 2. The Morgan fingerprint density at radius 3 is 2.48 bits per heavy atom. The van der Waals surface area contributed by atoms with Gasteiger partial charge in [0.1, 0.15) is 11.6 Å². The molecule has 4 rings (SSSR count). The van der Waals surface area contributed by atoms with Gasteiger partial charge in [-0.15, -0.1) is 0 Å². The zero-order valence-electron chi connectivity index (χ0n) is 12.7. The van der Waals surface area contributed by atoms with Crippen LogP contribution >= 0.6 is 12.2 Å². The van der Waals surface area contributed by atoms with Gasteiger partial charge in [-0.1, -0.05) is 29.8 Å². The van der Waals surface area contributed by atoms with Crippen LogP contribution in [0.2, 0.25) is 0 Å². The first-order valence-electron chi connectivity index (χ1n) is 7.63. The Balaban J connectivity index is 1.68. The molecule has 1 saturated carbocycles. The van der Waals surface area contributed by atoms with Crippen LogP contribution in [0.3, 0.4) is 0 Å². The minimum atomic E-state index is -0.255. The van der Waals surface area contributed by atoms with Gasteiger partial charge in [-0.2, -0.15) is 5.10 Å². The number of hydrogen-bond acceptors (Lipinski definition) is 2. The van der Waals surface area contributed by atoms with Gasteiger partial charge in [-0.3, -0.25) is 9.67 Å². The molecular weight excluding hydrogens is 309 g/mol. The van der Waals surface area contributed by atoms with Crippen molar-refractivity contribution in [3.8, 4) is 5.69 Å². The quantitative estimate of drug-likeness (QED) is 0.711. The van der Waals surface area contributed by atoms with Crippen molar-refractivity contribution >= 4 is 12.2 Å². The maximum absolute atomic E-state index is 13.2. The summed E-state index contributed by atoms with van der Waals surface area (Å²) in [4.78, 5) is 0. The van der Waals surface area contributed by atoms with Crippen LogP contribution in [0.25, 0.3) is 5.69 Å². The smallest absolute Gasteiger partial charge is 0.199 e. The van der Waals surface area contributed by atoms with E-state index in [0.29, 0.717) is 16.6 Å². The van der Waals surface area contributed by atoms with Gasteiger partial charge < -0.3 is 0 Å². The van der Waals surface area contributed by atoms with Crippen molar-refractivity contribution in [2.24, 2.45) is 0 Å². The minimum absolute atomic E-state index is 0.255. The number of aromatic nitrogens is 3. The van der Waals surface area contributed by atoms with Crippen LogP contribution in [0.4, 0.5) is 4.39 Å². The van der Waals surface area contributed by atoms with E-state index in [1.54, 1.807) is 12.1 Å². The third-order valence-electron chi connectivity index (χ3n) is 4.41. The third-order valence-corrected chi connectivity index (χ3v) is 4.68. The molecule has 1 fully saturated rings. The molecule has 3 nitrogen and oxygen atoms in total. The topological polar surface area (TPSA) is 33.6 Å². The van der Waals surface area contributed by atoms with Crippen LogP contribution in [0.5, 0.6) is 0 Å². The summed E-state index contributed by atoms with van der Waals surface area (Å²) in [7, 11) is 0. The Bertz CT molecular complexity index is 893. The van der Waals surface area contributed by atoms with Crippen LogP contribution < -0.4 is 0 Å². The van der Waals surface area contributed by atoms with E-state index >= 15 is 0 Å². The fraction of sp³-hybridized carbons (Fsp3) is 0.222. The summed E-state index contributed by atoms with van der Waals surface area (Å²) in [5, 5.41) is 7.30. The zero-order valence-corrected chi connectivity index (χ0v) is 13.5. The predicted octanol–water partition coefficient (Wildman–Crippen LogP) is 4.65. The highest BCUT2D eigenvalue weighted by Gasteiger charge is 2.43. The third kappa shape index (κ3) is 2.61. The Morgan fingerprint density at radius 1 is 1.09 bits per heavy atom. The summed E-state index contributed by atoms with van der Waals surface area (Å²) in [6, 6.07) is 15.0. The molecular formula is C18H16FN3S. The standard InChI is InChI=1S/C18H16FN3S/c1-11-2-4-12(5-3-11)15-10-16(15)17-20-21-18(23)22(17)14-8-6-13(19)7-9-14/h2-9,15-16H,10H2,1H3,(H,21,23)/t15-,16-/m0/s1. The lowest BCUT2D eigenvalue weighted by atomic mass is 10.1. The van der Waals surface area contributed by atoms with E-state index < -0.39 is 0 Å². The molecule has 0 spiro atoms. The van der Waals surface area contributed by atoms with Crippen molar-refractivity contribution in [3.05, 3.63) is 76.1 Å². The normalized spacial score (nSPS) is 19.7. The molecule has 0 radical (unpaired) electrons. The molecule has 2 atom stereocenters. The Hall–Kier alpha value is -2.27. The molecule has 1 heterocycles. The fourth-order valence-electron chi connectivity index (χ4n) is 3.06. The van der Waals surface area contributed by atoms with Gasteiger partial charge in [0.2, 0.25) is 0 Å². The first-order chi connectivity index (χ1) is 11.1. The number of aryl methyl sites for hydroxylation is 1. The zero-order chi connectivity index (χ0) is 16.0. The summed E-state index contributed by atoms with van der Waals surface area (Å²) in [6.45, 7) is 2.09. The SMILES string of the molecule is Cc1ccc([C@@H]2C[C@@H]2c2n[nH]c(=S)n2-c2ccc(F)cc2)cc1. The van der Waals surface area contributed by atoms with Gasteiger partial charge in [0.05, 0.1) is 0 Å². The fourth-order valence-corrected chi connectivity index (χ4v) is 3.30. The second kappa shape index (κ2) is 5.42. The minimum Gasteiger partial charge on any atom is -0.272 e. The predicted molar refractivity (Wildman–Crippen MR) is 90.0 cm³/mol. The van der Waals surface area contributed by atoms with Crippen molar-refractivity contribution in [3.63, 3.8) is 0 Å². The van der Waals surface area contributed by atoms with Gasteiger partial charge in [0.25, 0.3) is 0 Å². The maximum atomic E-state index is 13.2. The lowest BCUT2D eigenvalue weighted by Gasteiger charge is -2.07. The van der Waals surface area contributed by atoms with Gasteiger partial charge in [-0.05, 0) is 61.3 Å². The molecule has 0 saturated heterocycles. The molecule has 116 valence electrons. The average molecular weight is 325 g/mol. The van der Waals surface area contributed by atoms with Crippen molar-refractivity contribution < 1.29 is 4.39 Å². The number of aromatic amines is 1. The number of nitrogens with one attached hydrogen (secondary N) is 1. The van der Waals surface area contributed by atoms with Gasteiger partial charge in [-0.25, -0.2) is 4.39 Å². The summed E-state index contributed by atoms with van der Waals surface area (Å²) in [5.41, 5.74) is 3.44. The van der Waals surface area contributed by atoms with Crippen LogP contribution in [-0.4, -0.2) is 14.8 Å². The monoisotopic (exact) mass is 325 g/mol. The molecule has 2 aromatic carbocycles. The molecule has 1 aromatic heterocycles. The molecule has 1 aliphatic carbocycles. The highest BCUT2D eigenvalue weighted by molar-refractivity contribution is 7.71. The second-order valence-electron chi connectivity index (χ2n) is 6.06. The van der Waals surface area contributed by atoms with Crippen LogP contribution in [0.1, 0.15) is 35.2 Å². The average Bonchev–Trinajstić information content (AvgIpc) is 3.25. The molecule has 0 aliphatic heterocycles. The first-order valence-corrected chi connectivity index (χ1v) is 8.04. The molecule has 0 bridgehead atoms. The molecule has 1 aliphatic rings. The molecule has 3 aromatic rings. The van der Waals surface area contributed by atoms with E-state index in [1.807, 2.05) is 4.57 Å². The summed E-state index contributed by atoms with van der Waals surface area (Å²) < 4.78 is 15.6. The van der Waals surface area contributed by atoms with Gasteiger partial charge in [0, 0.05) is 11.6 Å². The first kappa shape index (κ1) is 14.3. The van der Waals surface area contributed by atoms with E-state index in [1.165, 1.54) is 23.3 Å². The van der Waals surface area contributed by atoms with Crippen molar-refractivity contribution in [1.82, 2.24) is 14.8 Å². The molecule has 0 amide bonds. The number of nitrogens with zero attached hydrogens (tertiary/aromatic N) is 2. The number of hydrogen-bond donors (Lipinski definition) is 1. The Kier molecular flexibility index (Phi) is 3.38.